The highest BCUT2D eigenvalue weighted by Crippen LogP contribution is 2.37. The minimum absolute atomic E-state index is 0.149. The van der Waals surface area contributed by atoms with Gasteiger partial charge in [-0.1, -0.05) is 23.2 Å². The molecule has 0 saturated heterocycles. The number of thiophene rings is 1. The van der Waals surface area contributed by atoms with Crippen LogP contribution in [0.5, 0.6) is 0 Å². The van der Waals surface area contributed by atoms with Crippen LogP contribution in [0.4, 0.5) is 5.69 Å². The zero-order chi connectivity index (χ0) is 16.1. The topological polar surface area (TPSA) is 56.0 Å². The predicted molar refractivity (Wildman–Crippen MR) is 96.0 cm³/mol. The van der Waals surface area contributed by atoms with Crippen molar-refractivity contribution in [2.45, 2.75) is 19.3 Å². The van der Waals surface area contributed by atoms with Crippen LogP contribution >= 0.6 is 34.5 Å². The average molecular weight is 363 g/mol. The number of ketones is 1. The van der Waals surface area contributed by atoms with Gasteiger partial charge in [0.2, 0.25) is 5.78 Å². The van der Waals surface area contributed by atoms with Gasteiger partial charge in [0, 0.05) is 16.6 Å². The highest BCUT2D eigenvalue weighted by Gasteiger charge is 2.22. The van der Waals surface area contributed by atoms with E-state index in [0.717, 1.165) is 35.2 Å². The maximum Gasteiger partial charge on any atom is 0.205 e. The van der Waals surface area contributed by atoms with Gasteiger partial charge in [-0.15, -0.1) is 11.3 Å². The van der Waals surface area contributed by atoms with E-state index in [-0.39, 0.29) is 5.78 Å². The number of carbonyl (C=O) groups is 1. The predicted octanol–water partition coefficient (Wildman–Crippen LogP) is 4.91. The molecule has 116 valence electrons. The largest absolute Gasteiger partial charge is 0.397 e. The van der Waals surface area contributed by atoms with E-state index < -0.39 is 0 Å². The second-order valence-corrected chi connectivity index (χ2v) is 7.42. The lowest BCUT2D eigenvalue weighted by Gasteiger charge is -2.02. The highest BCUT2D eigenvalue weighted by atomic mass is 35.5. The number of halogens is 2. The summed E-state index contributed by atoms with van der Waals surface area (Å²) in [7, 11) is 0. The van der Waals surface area contributed by atoms with E-state index >= 15 is 0 Å². The smallest absolute Gasteiger partial charge is 0.205 e. The molecule has 0 atom stereocenters. The van der Waals surface area contributed by atoms with Gasteiger partial charge >= 0.3 is 0 Å². The zero-order valence-corrected chi connectivity index (χ0v) is 14.4. The number of nitrogens with zero attached hydrogens (tertiary/aromatic N) is 1. The van der Waals surface area contributed by atoms with Crippen LogP contribution in [0.1, 0.15) is 32.9 Å². The highest BCUT2D eigenvalue weighted by molar-refractivity contribution is 7.21. The summed E-state index contributed by atoms with van der Waals surface area (Å²) in [4.78, 5) is 18.8. The number of nitrogen functional groups attached to an aromatic ring is 1. The van der Waals surface area contributed by atoms with Crippen LogP contribution in [0.2, 0.25) is 10.0 Å². The molecule has 0 bridgehead atoms. The molecule has 2 aromatic heterocycles. The number of aryl methyl sites for hydroxylation is 2. The molecule has 0 aliphatic heterocycles. The van der Waals surface area contributed by atoms with Crippen LogP contribution < -0.4 is 5.73 Å². The van der Waals surface area contributed by atoms with E-state index in [1.54, 1.807) is 18.2 Å². The van der Waals surface area contributed by atoms with Crippen molar-refractivity contribution in [1.82, 2.24) is 4.98 Å². The SMILES string of the molecule is Nc1c(C(=O)c2ccc(Cl)c(Cl)c2)sc2nc3c(cc12)CCC3. The lowest BCUT2D eigenvalue weighted by molar-refractivity contribution is 0.104. The Morgan fingerprint density at radius 1 is 1.17 bits per heavy atom. The average Bonchev–Trinajstić information content (AvgIpc) is 3.12. The Morgan fingerprint density at radius 3 is 2.78 bits per heavy atom. The lowest BCUT2D eigenvalue weighted by Crippen LogP contribution is -2.02. The molecule has 6 heteroatoms. The summed E-state index contributed by atoms with van der Waals surface area (Å²) < 4.78 is 0. The number of anilines is 1. The van der Waals surface area contributed by atoms with Gasteiger partial charge in [-0.25, -0.2) is 4.98 Å². The molecule has 4 rings (SSSR count). The van der Waals surface area contributed by atoms with Crippen molar-refractivity contribution in [2.75, 3.05) is 5.73 Å². The summed E-state index contributed by atoms with van der Waals surface area (Å²) in [5, 5.41) is 1.65. The monoisotopic (exact) mass is 362 g/mol. The quantitative estimate of drug-likeness (QED) is 0.659. The molecule has 3 nitrogen and oxygen atoms in total. The molecule has 0 spiro atoms. The van der Waals surface area contributed by atoms with Gasteiger partial charge in [0.1, 0.15) is 9.71 Å². The van der Waals surface area contributed by atoms with E-state index in [0.29, 0.717) is 26.2 Å². The van der Waals surface area contributed by atoms with Gasteiger partial charge in [-0.3, -0.25) is 4.79 Å². The number of aromatic nitrogens is 1. The third-order valence-corrected chi connectivity index (χ3v) is 5.99. The molecule has 1 aliphatic rings. The standard InChI is InChI=1S/C17H12Cl2N2OS/c18-11-5-4-9(7-12(11)19)15(22)16-14(20)10-6-8-2-1-3-13(8)21-17(10)23-16/h4-7H,1-3,20H2. The molecular formula is C17H12Cl2N2OS. The first-order chi connectivity index (χ1) is 11.0. The number of hydrogen-bond donors (Lipinski definition) is 1. The Hall–Kier alpha value is -1.62. The molecule has 1 aromatic carbocycles. The first kappa shape index (κ1) is 14.9. The Labute approximate surface area is 147 Å². The van der Waals surface area contributed by atoms with Gasteiger partial charge in [0.15, 0.2) is 0 Å². The molecule has 3 aromatic rings. The third kappa shape index (κ3) is 2.42. The molecule has 1 aliphatic carbocycles. The number of rotatable bonds is 2. The maximum absolute atomic E-state index is 12.8. The first-order valence-electron chi connectivity index (χ1n) is 7.25. The van der Waals surface area contributed by atoms with Crippen LogP contribution in [0.25, 0.3) is 10.2 Å². The van der Waals surface area contributed by atoms with E-state index in [1.165, 1.54) is 16.9 Å². The van der Waals surface area contributed by atoms with Crippen molar-refractivity contribution in [3.05, 3.63) is 56.0 Å². The lowest BCUT2D eigenvalue weighted by atomic mass is 10.1. The molecule has 0 saturated carbocycles. The Kier molecular flexibility index (Phi) is 3.56. The van der Waals surface area contributed by atoms with Crippen molar-refractivity contribution in [1.29, 1.82) is 0 Å². The van der Waals surface area contributed by atoms with Crippen LogP contribution in [0, 0.1) is 0 Å². The Bertz CT molecular complexity index is 965. The minimum Gasteiger partial charge on any atom is -0.397 e. The van der Waals surface area contributed by atoms with Gasteiger partial charge < -0.3 is 5.73 Å². The van der Waals surface area contributed by atoms with Crippen LogP contribution in [-0.4, -0.2) is 10.8 Å². The van der Waals surface area contributed by atoms with Crippen molar-refractivity contribution in [3.8, 4) is 0 Å². The van der Waals surface area contributed by atoms with Crippen LogP contribution in [0.15, 0.2) is 24.3 Å². The van der Waals surface area contributed by atoms with Crippen molar-refractivity contribution in [3.63, 3.8) is 0 Å². The number of hydrogen-bond acceptors (Lipinski definition) is 4. The summed E-state index contributed by atoms with van der Waals surface area (Å²) >= 11 is 13.3. The van der Waals surface area contributed by atoms with Gasteiger partial charge in [-0.05, 0) is 49.1 Å². The second kappa shape index (κ2) is 5.48. The first-order valence-corrected chi connectivity index (χ1v) is 8.82. The molecular weight excluding hydrogens is 351 g/mol. The fraction of sp³-hybridized carbons (Fsp3) is 0.176. The molecule has 0 radical (unpaired) electrons. The third-order valence-electron chi connectivity index (χ3n) is 4.14. The van der Waals surface area contributed by atoms with Crippen LogP contribution in [0.3, 0.4) is 0 Å². The van der Waals surface area contributed by atoms with Gasteiger partial charge in [0.25, 0.3) is 0 Å². The van der Waals surface area contributed by atoms with Crippen LogP contribution in [-0.2, 0) is 12.8 Å². The molecule has 2 N–H and O–H groups in total. The summed E-state index contributed by atoms with van der Waals surface area (Å²) in [6, 6.07) is 6.94. The number of benzene rings is 1. The minimum atomic E-state index is -0.149. The summed E-state index contributed by atoms with van der Waals surface area (Å²) in [5.41, 5.74) is 9.59. The normalized spacial score (nSPS) is 13.5. The van der Waals surface area contributed by atoms with E-state index in [1.807, 2.05) is 0 Å². The molecule has 23 heavy (non-hydrogen) atoms. The summed E-state index contributed by atoms with van der Waals surface area (Å²) in [6.45, 7) is 0. The summed E-state index contributed by atoms with van der Waals surface area (Å²) in [5.74, 6) is -0.149. The van der Waals surface area contributed by atoms with E-state index in [4.69, 9.17) is 28.9 Å². The Balaban J connectivity index is 1.83. The van der Waals surface area contributed by atoms with E-state index in [2.05, 4.69) is 11.1 Å². The van der Waals surface area contributed by atoms with Crippen molar-refractivity contribution in [2.24, 2.45) is 0 Å². The number of nitrogens with two attached hydrogens (primary N) is 1. The summed E-state index contributed by atoms with van der Waals surface area (Å²) in [6.07, 6.45) is 3.16. The number of fused-ring (bicyclic) bond motifs is 2. The molecule has 2 heterocycles. The Morgan fingerprint density at radius 2 is 2.00 bits per heavy atom. The van der Waals surface area contributed by atoms with Crippen molar-refractivity contribution < 1.29 is 4.79 Å². The van der Waals surface area contributed by atoms with Gasteiger partial charge in [-0.2, -0.15) is 0 Å². The fourth-order valence-electron chi connectivity index (χ4n) is 2.93. The molecule has 0 amide bonds. The number of carbonyl (C=O) groups excluding carboxylic acids is 1. The zero-order valence-electron chi connectivity index (χ0n) is 12.0. The molecule has 0 fully saturated rings. The fourth-order valence-corrected chi connectivity index (χ4v) is 4.29. The van der Waals surface area contributed by atoms with Gasteiger partial charge in [0.05, 0.1) is 15.7 Å². The van der Waals surface area contributed by atoms with E-state index in [9.17, 15) is 4.79 Å². The maximum atomic E-state index is 12.8. The second-order valence-electron chi connectivity index (χ2n) is 5.60. The molecule has 0 unspecified atom stereocenters. The van der Waals surface area contributed by atoms with Crippen molar-refractivity contribution >= 4 is 56.2 Å². The number of pyridine rings is 1.